The number of hydrogen-bond acceptors (Lipinski definition) is 5. The first-order valence-electron chi connectivity index (χ1n) is 10.2. The number of ether oxygens (including phenoxy) is 1. The molecular formula is C21H34N4O2. The van der Waals surface area contributed by atoms with E-state index in [9.17, 15) is 4.79 Å². The first kappa shape index (κ1) is 20.1. The predicted molar refractivity (Wildman–Crippen MR) is 109 cm³/mol. The Hall–Kier alpha value is -1.63. The van der Waals surface area contributed by atoms with Crippen LogP contribution in [-0.4, -0.2) is 87.3 Å². The quantitative estimate of drug-likeness (QED) is 0.781. The lowest BCUT2D eigenvalue weighted by Crippen LogP contribution is -2.48. The van der Waals surface area contributed by atoms with E-state index in [1.807, 2.05) is 6.92 Å². The van der Waals surface area contributed by atoms with Gasteiger partial charge < -0.3 is 19.9 Å². The molecule has 0 aromatic heterocycles. The van der Waals surface area contributed by atoms with Crippen LogP contribution >= 0.6 is 0 Å². The van der Waals surface area contributed by atoms with Gasteiger partial charge in [0.25, 0.3) is 0 Å². The van der Waals surface area contributed by atoms with Crippen molar-refractivity contribution in [3.63, 3.8) is 0 Å². The zero-order chi connectivity index (χ0) is 19.2. The summed E-state index contributed by atoms with van der Waals surface area (Å²) < 4.78 is 5.77. The minimum atomic E-state index is 0.112. The molecule has 0 spiro atoms. The van der Waals surface area contributed by atoms with Crippen LogP contribution in [-0.2, 0) is 9.53 Å². The number of amides is 1. The molecule has 1 amide bonds. The number of carbonyl (C=O) groups is 1. The van der Waals surface area contributed by atoms with Crippen molar-refractivity contribution in [2.45, 2.75) is 32.4 Å². The minimum absolute atomic E-state index is 0.112. The van der Waals surface area contributed by atoms with Gasteiger partial charge in [-0.1, -0.05) is 12.1 Å². The molecule has 2 aliphatic rings. The predicted octanol–water partition coefficient (Wildman–Crippen LogP) is 1.34. The Balaban J connectivity index is 1.39. The van der Waals surface area contributed by atoms with Crippen LogP contribution in [0.1, 0.15) is 18.9 Å². The van der Waals surface area contributed by atoms with E-state index < -0.39 is 0 Å². The van der Waals surface area contributed by atoms with Gasteiger partial charge in [-0.05, 0) is 38.6 Å². The van der Waals surface area contributed by atoms with E-state index in [1.165, 1.54) is 11.3 Å². The third kappa shape index (κ3) is 5.67. The number of benzene rings is 1. The maximum atomic E-state index is 12.4. The van der Waals surface area contributed by atoms with Gasteiger partial charge in [0, 0.05) is 64.5 Å². The summed E-state index contributed by atoms with van der Waals surface area (Å²) in [6.07, 6.45) is 0.672. The lowest BCUT2D eigenvalue weighted by molar-refractivity contribution is -0.122. The van der Waals surface area contributed by atoms with Gasteiger partial charge in [0.1, 0.15) is 0 Å². The van der Waals surface area contributed by atoms with Crippen LogP contribution < -0.4 is 10.2 Å². The van der Waals surface area contributed by atoms with E-state index in [1.54, 1.807) is 0 Å². The van der Waals surface area contributed by atoms with E-state index >= 15 is 0 Å². The molecule has 0 bridgehead atoms. The molecular weight excluding hydrogens is 340 g/mol. The van der Waals surface area contributed by atoms with Crippen molar-refractivity contribution in [3.05, 3.63) is 29.8 Å². The van der Waals surface area contributed by atoms with Gasteiger partial charge in [0.15, 0.2) is 0 Å². The summed E-state index contributed by atoms with van der Waals surface area (Å²) >= 11 is 0. The topological polar surface area (TPSA) is 48.1 Å². The largest absolute Gasteiger partial charge is 0.375 e. The molecule has 6 heteroatoms. The summed E-state index contributed by atoms with van der Waals surface area (Å²) in [4.78, 5) is 19.4. The van der Waals surface area contributed by atoms with Crippen LogP contribution in [0, 0.1) is 6.92 Å². The maximum absolute atomic E-state index is 12.4. The molecule has 3 rings (SSSR count). The number of nitrogens with zero attached hydrogens (tertiary/aromatic N) is 3. The van der Waals surface area contributed by atoms with Crippen LogP contribution in [0.3, 0.4) is 0 Å². The van der Waals surface area contributed by atoms with Crippen LogP contribution in [0.15, 0.2) is 24.3 Å². The van der Waals surface area contributed by atoms with Gasteiger partial charge in [-0.25, -0.2) is 0 Å². The summed E-state index contributed by atoms with van der Waals surface area (Å²) in [5, 5.41) is 3.18. The lowest BCUT2D eigenvalue weighted by Gasteiger charge is -2.36. The Morgan fingerprint density at radius 2 is 2.00 bits per heavy atom. The molecule has 150 valence electrons. The normalized spacial score (nSPS) is 24.3. The monoisotopic (exact) mass is 374 g/mol. The van der Waals surface area contributed by atoms with Gasteiger partial charge in [-0.15, -0.1) is 0 Å². The summed E-state index contributed by atoms with van der Waals surface area (Å²) in [5.74, 6) is 0.140. The number of anilines is 1. The fourth-order valence-electron chi connectivity index (χ4n) is 4.08. The van der Waals surface area contributed by atoms with E-state index in [0.717, 1.165) is 45.8 Å². The second-order valence-corrected chi connectivity index (χ2v) is 7.81. The number of carbonyl (C=O) groups excluding carboxylic acids is 1. The maximum Gasteiger partial charge on any atom is 0.221 e. The van der Waals surface area contributed by atoms with E-state index in [0.29, 0.717) is 13.0 Å². The third-order valence-corrected chi connectivity index (χ3v) is 5.57. The standard InChI is InChI=1S/C21H34N4O2/c1-4-27-20-16-23(3)15-19(20)22-21(26)8-9-24-10-12-25(13-11-24)18-7-5-6-17(2)14-18/h5-7,14,19-20H,4,8-13,15-16H2,1-3H3,(H,22,26)/t19-,20-/m1/s1. The first-order valence-corrected chi connectivity index (χ1v) is 10.2. The molecule has 1 N–H and O–H groups in total. The fraction of sp³-hybridized carbons (Fsp3) is 0.667. The van der Waals surface area contributed by atoms with Crippen LogP contribution in [0.5, 0.6) is 0 Å². The average molecular weight is 375 g/mol. The highest BCUT2D eigenvalue weighted by molar-refractivity contribution is 5.76. The Bertz CT molecular complexity index is 616. The SMILES string of the molecule is CCO[C@@H]1CN(C)C[C@H]1NC(=O)CCN1CCN(c2cccc(C)c2)CC1. The Morgan fingerprint density at radius 1 is 1.22 bits per heavy atom. The molecule has 2 heterocycles. The number of piperazine rings is 1. The number of nitrogens with one attached hydrogen (secondary N) is 1. The molecule has 0 radical (unpaired) electrons. The van der Waals surface area contributed by atoms with Gasteiger partial charge in [0.05, 0.1) is 12.1 Å². The minimum Gasteiger partial charge on any atom is -0.375 e. The summed E-state index contributed by atoms with van der Waals surface area (Å²) in [7, 11) is 2.08. The number of aryl methyl sites for hydroxylation is 1. The van der Waals surface area contributed by atoms with Gasteiger partial charge in [-0.3, -0.25) is 9.69 Å². The van der Waals surface area contributed by atoms with E-state index in [2.05, 4.69) is 58.3 Å². The summed E-state index contributed by atoms with van der Waals surface area (Å²) in [5.41, 5.74) is 2.61. The highest BCUT2D eigenvalue weighted by atomic mass is 16.5. The molecule has 27 heavy (non-hydrogen) atoms. The highest BCUT2D eigenvalue weighted by Gasteiger charge is 2.32. The number of likely N-dealkylation sites (N-methyl/N-ethyl adjacent to an activating group) is 1. The van der Waals surface area contributed by atoms with Crippen molar-refractivity contribution in [1.29, 1.82) is 0 Å². The van der Waals surface area contributed by atoms with Gasteiger partial charge in [0.2, 0.25) is 5.91 Å². The lowest BCUT2D eigenvalue weighted by atomic mass is 10.2. The summed E-state index contributed by atoms with van der Waals surface area (Å²) in [6.45, 7) is 11.5. The molecule has 1 aromatic carbocycles. The fourth-order valence-corrected chi connectivity index (χ4v) is 4.08. The Labute approximate surface area is 163 Å². The second kappa shape index (κ2) is 9.53. The third-order valence-electron chi connectivity index (χ3n) is 5.57. The van der Waals surface area contributed by atoms with Crippen molar-refractivity contribution in [2.24, 2.45) is 0 Å². The Morgan fingerprint density at radius 3 is 2.70 bits per heavy atom. The number of rotatable bonds is 7. The molecule has 2 aliphatic heterocycles. The van der Waals surface area contributed by atoms with Crippen LogP contribution in [0.4, 0.5) is 5.69 Å². The first-order chi connectivity index (χ1) is 13.0. The highest BCUT2D eigenvalue weighted by Crippen LogP contribution is 2.18. The van der Waals surface area contributed by atoms with Crippen LogP contribution in [0.25, 0.3) is 0 Å². The van der Waals surface area contributed by atoms with E-state index in [-0.39, 0.29) is 18.1 Å². The molecule has 6 nitrogen and oxygen atoms in total. The van der Waals surface area contributed by atoms with Crippen molar-refractivity contribution in [3.8, 4) is 0 Å². The molecule has 2 fully saturated rings. The smallest absolute Gasteiger partial charge is 0.221 e. The molecule has 0 aliphatic carbocycles. The van der Waals surface area contributed by atoms with Crippen molar-refractivity contribution < 1.29 is 9.53 Å². The molecule has 0 unspecified atom stereocenters. The van der Waals surface area contributed by atoms with Gasteiger partial charge in [-0.2, -0.15) is 0 Å². The Kier molecular flexibility index (Phi) is 7.10. The summed E-state index contributed by atoms with van der Waals surface area (Å²) in [6, 6.07) is 8.80. The van der Waals surface area contributed by atoms with Crippen molar-refractivity contribution in [2.75, 3.05) is 64.4 Å². The van der Waals surface area contributed by atoms with Crippen molar-refractivity contribution >= 4 is 11.6 Å². The van der Waals surface area contributed by atoms with Crippen molar-refractivity contribution in [1.82, 2.24) is 15.1 Å². The van der Waals surface area contributed by atoms with Crippen LogP contribution in [0.2, 0.25) is 0 Å². The zero-order valence-electron chi connectivity index (χ0n) is 17.0. The molecule has 2 atom stereocenters. The number of likely N-dealkylation sites (tertiary alicyclic amines) is 1. The van der Waals surface area contributed by atoms with E-state index in [4.69, 9.17) is 4.74 Å². The van der Waals surface area contributed by atoms with Gasteiger partial charge >= 0.3 is 0 Å². The molecule has 0 saturated carbocycles. The molecule has 2 saturated heterocycles. The second-order valence-electron chi connectivity index (χ2n) is 7.81. The zero-order valence-corrected chi connectivity index (χ0v) is 17.0. The molecule has 1 aromatic rings. The average Bonchev–Trinajstić information content (AvgIpc) is 2.99. The number of hydrogen-bond donors (Lipinski definition) is 1.